The Kier molecular flexibility index (Phi) is 5.14. The Morgan fingerprint density at radius 2 is 2.19 bits per heavy atom. The van der Waals surface area contributed by atoms with Crippen LogP contribution in [0.15, 0.2) is 18.2 Å². The van der Waals surface area contributed by atoms with Crippen LogP contribution in [0.2, 0.25) is 0 Å². The van der Waals surface area contributed by atoms with Gasteiger partial charge in [-0.15, -0.1) is 0 Å². The minimum Gasteiger partial charge on any atom is -0.434 e. The van der Waals surface area contributed by atoms with Crippen molar-refractivity contribution in [2.75, 3.05) is 13.2 Å². The second-order valence-corrected chi connectivity index (χ2v) is 3.34. The molecule has 0 aromatic heterocycles. The van der Waals surface area contributed by atoms with Gasteiger partial charge in [0.2, 0.25) is 0 Å². The van der Waals surface area contributed by atoms with Crippen molar-refractivity contribution in [2.24, 2.45) is 0 Å². The molecule has 0 spiro atoms. The molecule has 0 bridgehead atoms. The van der Waals surface area contributed by atoms with Crippen LogP contribution in [0.4, 0.5) is 8.78 Å². The molecule has 3 nitrogen and oxygen atoms in total. The van der Waals surface area contributed by atoms with Crippen LogP contribution in [0.1, 0.15) is 11.1 Å². The molecule has 0 aliphatic rings. The quantitative estimate of drug-likeness (QED) is 0.732. The normalized spacial score (nSPS) is 10.8. The number of aliphatic hydroxyl groups is 1. The molecule has 0 aliphatic heterocycles. The first-order valence-electron chi connectivity index (χ1n) is 5.00. The SMILES string of the molecule is Cc1cccc(CNCCO)c1OC(F)F. The molecule has 0 saturated carbocycles. The molecule has 0 saturated heterocycles. The maximum atomic E-state index is 12.2. The van der Waals surface area contributed by atoms with Gasteiger partial charge in [0.15, 0.2) is 0 Å². The second-order valence-electron chi connectivity index (χ2n) is 3.34. The van der Waals surface area contributed by atoms with Crippen LogP contribution in [0.5, 0.6) is 5.75 Å². The summed E-state index contributed by atoms with van der Waals surface area (Å²) in [5, 5.41) is 11.5. The van der Waals surface area contributed by atoms with Crippen molar-refractivity contribution < 1.29 is 18.6 Å². The Labute approximate surface area is 93.0 Å². The number of nitrogens with one attached hydrogen (secondary N) is 1. The summed E-state index contributed by atoms with van der Waals surface area (Å²) in [4.78, 5) is 0. The van der Waals surface area contributed by atoms with Crippen molar-refractivity contribution in [2.45, 2.75) is 20.1 Å². The summed E-state index contributed by atoms with van der Waals surface area (Å²) in [5.74, 6) is 0.211. The van der Waals surface area contributed by atoms with Gasteiger partial charge in [0.05, 0.1) is 6.61 Å². The van der Waals surface area contributed by atoms with Crippen LogP contribution in [0.25, 0.3) is 0 Å². The van der Waals surface area contributed by atoms with Gasteiger partial charge in [-0.05, 0) is 12.5 Å². The number of ether oxygens (including phenoxy) is 1. The highest BCUT2D eigenvalue weighted by molar-refractivity contribution is 5.40. The van der Waals surface area contributed by atoms with E-state index in [1.165, 1.54) is 0 Å². The molecule has 1 aromatic rings. The number of halogens is 2. The van der Waals surface area contributed by atoms with E-state index >= 15 is 0 Å². The standard InChI is InChI=1S/C11H15F2NO2/c1-8-3-2-4-9(7-14-5-6-15)10(8)16-11(12)13/h2-4,11,14-15H,5-7H2,1H3. The van der Waals surface area contributed by atoms with Crippen LogP contribution in [-0.4, -0.2) is 24.9 Å². The number of para-hydroxylation sites is 1. The molecular formula is C11H15F2NO2. The highest BCUT2D eigenvalue weighted by Crippen LogP contribution is 2.25. The van der Waals surface area contributed by atoms with Crippen molar-refractivity contribution in [3.8, 4) is 5.75 Å². The van der Waals surface area contributed by atoms with Crippen LogP contribution in [-0.2, 0) is 6.54 Å². The molecular weight excluding hydrogens is 216 g/mol. The first kappa shape index (κ1) is 12.9. The van der Waals surface area contributed by atoms with Gasteiger partial charge in [-0.1, -0.05) is 18.2 Å². The van der Waals surface area contributed by atoms with E-state index in [0.717, 1.165) is 0 Å². The van der Waals surface area contributed by atoms with Gasteiger partial charge in [-0.3, -0.25) is 0 Å². The Hall–Kier alpha value is -1.20. The number of rotatable bonds is 6. The highest BCUT2D eigenvalue weighted by atomic mass is 19.3. The number of aliphatic hydroxyl groups excluding tert-OH is 1. The Morgan fingerprint density at radius 3 is 2.81 bits per heavy atom. The average Bonchev–Trinajstić information content (AvgIpc) is 2.23. The van der Waals surface area contributed by atoms with Crippen LogP contribution in [0, 0.1) is 6.92 Å². The predicted octanol–water partition coefficient (Wildman–Crippen LogP) is 1.68. The molecule has 0 amide bonds. The zero-order valence-electron chi connectivity index (χ0n) is 9.04. The molecule has 1 rings (SSSR count). The number of benzene rings is 1. The molecule has 5 heteroatoms. The summed E-state index contributed by atoms with van der Waals surface area (Å²) in [6, 6.07) is 5.21. The van der Waals surface area contributed by atoms with Gasteiger partial charge in [-0.2, -0.15) is 8.78 Å². The molecule has 90 valence electrons. The maximum absolute atomic E-state index is 12.2. The van der Waals surface area contributed by atoms with Gasteiger partial charge in [0.25, 0.3) is 0 Å². The molecule has 1 aromatic carbocycles. The Balaban J connectivity index is 2.76. The van der Waals surface area contributed by atoms with Crippen molar-refractivity contribution >= 4 is 0 Å². The second kappa shape index (κ2) is 6.40. The zero-order chi connectivity index (χ0) is 12.0. The lowest BCUT2D eigenvalue weighted by molar-refractivity contribution is -0.0509. The summed E-state index contributed by atoms with van der Waals surface area (Å²) in [6.45, 7) is -0.283. The van der Waals surface area contributed by atoms with E-state index in [9.17, 15) is 8.78 Å². The minimum absolute atomic E-state index is 0.0108. The minimum atomic E-state index is -2.82. The first-order valence-corrected chi connectivity index (χ1v) is 5.00. The Morgan fingerprint density at radius 1 is 1.44 bits per heavy atom. The Bertz CT molecular complexity index is 332. The third-order valence-electron chi connectivity index (χ3n) is 2.10. The molecule has 16 heavy (non-hydrogen) atoms. The average molecular weight is 231 g/mol. The van der Waals surface area contributed by atoms with Crippen molar-refractivity contribution in [1.82, 2.24) is 5.32 Å². The fraction of sp³-hybridized carbons (Fsp3) is 0.455. The zero-order valence-corrected chi connectivity index (χ0v) is 9.04. The summed E-state index contributed by atoms with van der Waals surface area (Å²) in [5.41, 5.74) is 1.33. The largest absolute Gasteiger partial charge is 0.434 e. The van der Waals surface area contributed by atoms with Crippen LogP contribution in [0.3, 0.4) is 0 Å². The van der Waals surface area contributed by atoms with E-state index in [1.54, 1.807) is 25.1 Å². The number of aryl methyl sites for hydroxylation is 1. The van der Waals surface area contributed by atoms with Gasteiger partial charge in [-0.25, -0.2) is 0 Å². The number of alkyl halides is 2. The molecule has 0 fully saturated rings. The summed E-state index contributed by atoms with van der Waals surface area (Å²) < 4.78 is 28.8. The van der Waals surface area contributed by atoms with Gasteiger partial charge in [0.1, 0.15) is 5.75 Å². The van der Waals surface area contributed by atoms with Crippen molar-refractivity contribution in [3.05, 3.63) is 29.3 Å². The maximum Gasteiger partial charge on any atom is 0.387 e. The third-order valence-corrected chi connectivity index (χ3v) is 2.10. The monoisotopic (exact) mass is 231 g/mol. The van der Waals surface area contributed by atoms with Crippen molar-refractivity contribution in [1.29, 1.82) is 0 Å². The highest BCUT2D eigenvalue weighted by Gasteiger charge is 2.11. The van der Waals surface area contributed by atoms with Gasteiger partial charge in [0, 0.05) is 18.7 Å². The van der Waals surface area contributed by atoms with E-state index in [-0.39, 0.29) is 12.4 Å². The summed E-state index contributed by atoms with van der Waals surface area (Å²) >= 11 is 0. The van der Waals surface area contributed by atoms with E-state index in [2.05, 4.69) is 10.1 Å². The van der Waals surface area contributed by atoms with E-state index in [0.29, 0.717) is 24.2 Å². The first-order chi connectivity index (χ1) is 7.65. The molecule has 0 heterocycles. The molecule has 0 unspecified atom stereocenters. The smallest absolute Gasteiger partial charge is 0.387 e. The molecule has 0 aliphatic carbocycles. The van der Waals surface area contributed by atoms with Crippen molar-refractivity contribution in [3.63, 3.8) is 0 Å². The van der Waals surface area contributed by atoms with Gasteiger partial charge < -0.3 is 15.2 Å². The summed E-state index contributed by atoms with van der Waals surface area (Å²) in [7, 11) is 0. The van der Waals surface area contributed by atoms with E-state index in [4.69, 9.17) is 5.11 Å². The number of hydrogen-bond acceptors (Lipinski definition) is 3. The predicted molar refractivity (Wildman–Crippen MR) is 56.6 cm³/mol. The topological polar surface area (TPSA) is 41.5 Å². The molecule has 2 N–H and O–H groups in total. The molecule has 0 radical (unpaired) electrons. The summed E-state index contributed by atoms with van der Waals surface area (Å²) in [6.07, 6.45) is 0. The van der Waals surface area contributed by atoms with E-state index in [1.807, 2.05) is 0 Å². The van der Waals surface area contributed by atoms with Crippen LogP contribution < -0.4 is 10.1 Å². The lowest BCUT2D eigenvalue weighted by Gasteiger charge is -2.13. The van der Waals surface area contributed by atoms with Crippen LogP contribution >= 0.6 is 0 Å². The lowest BCUT2D eigenvalue weighted by Crippen LogP contribution is -2.18. The fourth-order valence-corrected chi connectivity index (χ4v) is 1.41. The molecule has 0 atom stereocenters. The van der Waals surface area contributed by atoms with E-state index < -0.39 is 6.61 Å². The number of hydrogen-bond donors (Lipinski definition) is 2. The lowest BCUT2D eigenvalue weighted by atomic mass is 10.1. The third kappa shape index (κ3) is 3.75. The van der Waals surface area contributed by atoms with Gasteiger partial charge >= 0.3 is 6.61 Å². The fourth-order valence-electron chi connectivity index (χ4n) is 1.41.